The van der Waals surface area contributed by atoms with Gasteiger partial charge in [0.2, 0.25) is 10.8 Å². The van der Waals surface area contributed by atoms with Gasteiger partial charge in [0.15, 0.2) is 18.6 Å². The van der Waals surface area contributed by atoms with Crippen LogP contribution in [0.1, 0.15) is 24.3 Å². The molecule has 1 amide bonds. The maximum absolute atomic E-state index is 11.9. The van der Waals surface area contributed by atoms with E-state index in [-0.39, 0.29) is 19.1 Å². The van der Waals surface area contributed by atoms with Crippen LogP contribution in [0, 0.1) is 5.53 Å². The number of carbonyl (C=O) groups is 1. The summed E-state index contributed by atoms with van der Waals surface area (Å²) < 4.78 is 24.2. The van der Waals surface area contributed by atoms with Crippen LogP contribution in [0.5, 0.6) is 0 Å². The molecular formula is C22H25N4O5+. The summed E-state index contributed by atoms with van der Waals surface area (Å²) in [5.41, 5.74) is 9.14. The van der Waals surface area contributed by atoms with E-state index in [2.05, 4.69) is 15.3 Å². The molecule has 2 aliphatic heterocycles. The van der Waals surface area contributed by atoms with Gasteiger partial charge in [0.1, 0.15) is 28.9 Å². The van der Waals surface area contributed by atoms with E-state index in [0.29, 0.717) is 0 Å². The number of nitrogens with one attached hydrogen (secondary N) is 2. The van der Waals surface area contributed by atoms with Gasteiger partial charge in [-0.1, -0.05) is 60.7 Å². The van der Waals surface area contributed by atoms with Crippen molar-refractivity contribution in [2.45, 2.75) is 50.4 Å². The summed E-state index contributed by atoms with van der Waals surface area (Å²) >= 11 is 0. The molecule has 0 aliphatic carbocycles. The predicted octanol–water partition coefficient (Wildman–Crippen LogP) is 2.47. The quantitative estimate of drug-likeness (QED) is 0.545. The molecule has 9 heteroatoms. The van der Waals surface area contributed by atoms with Crippen molar-refractivity contribution in [2.75, 3.05) is 6.61 Å². The normalized spacial score (nSPS) is 30.0. The maximum Gasteiger partial charge on any atom is 0.217 e. The first-order chi connectivity index (χ1) is 15.2. The molecule has 2 heterocycles. The van der Waals surface area contributed by atoms with Crippen molar-refractivity contribution >= 4 is 5.91 Å². The van der Waals surface area contributed by atoms with E-state index in [1.165, 1.54) is 6.92 Å². The second-order valence-electron chi connectivity index (χ2n) is 7.45. The van der Waals surface area contributed by atoms with E-state index < -0.39 is 36.9 Å². The van der Waals surface area contributed by atoms with E-state index in [1.54, 1.807) is 0 Å². The lowest BCUT2D eigenvalue weighted by molar-refractivity contribution is -0.328. The molecule has 0 bridgehead atoms. The van der Waals surface area contributed by atoms with Crippen molar-refractivity contribution < 1.29 is 23.7 Å². The van der Waals surface area contributed by atoms with E-state index in [1.807, 2.05) is 60.7 Å². The predicted molar refractivity (Wildman–Crippen MR) is 109 cm³/mol. The van der Waals surface area contributed by atoms with Crippen LogP contribution in [0.3, 0.4) is 0 Å². The highest BCUT2D eigenvalue weighted by atomic mass is 16.7. The Balaban J connectivity index is 1.56. The monoisotopic (exact) mass is 425 g/mol. The third-order valence-corrected chi connectivity index (χ3v) is 5.26. The lowest BCUT2D eigenvalue weighted by Gasteiger charge is -2.46. The number of amides is 1. The fourth-order valence-corrected chi connectivity index (χ4v) is 3.86. The number of ether oxygens (including phenoxy) is 4. The molecule has 2 aromatic rings. The van der Waals surface area contributed by atoms with Gasteiger partial charge in [-0.15, -0.1) is 0 Å². The van der Waals surface area contributed by atoms with Crippen LogP contribution in [0.2, 0.25) is 0 Å². The lowest BCUT2D eigenvalue weighted by Crippen LogP contribution is -2.66. The van der Waals surface area contributed by atoms with Gasteiger partial charge in [0.05, 0.1) is 13.2 Å². The summed E-state index contributed by atoms with van der Waals surface area (Å²) in [7, 11) is 0. The Hall–Kier alpha value is -2.94. The smallest absolute Gasteiger partial charge is 0.217 e. The Bertz CT molecular complexity index is 922. The van der Waals surface area contributed by atoms with Crippen molar-refractivity contribution in [1.82, 2.24) is 10.2 Å². The molecule has 2 N–H and O–H groups in total. The van der Waals surface area contributed by atoms with Crippen molar-refractivity contribution in [2.24, 2.45) is 5.11 Å². The second-order valence-corrected chi connectivity index (χ2v) is 7.45. The van der Waals surface area contributed by atoms with Crippen molar-refractivity contribution in [3.05, 3.63) is 71.8 Å². The summed E-state index contributed by atoms with van der Waals surface area (Å²) in [6.07, 6.45) is -2.46. The largest absolute Gasteiger partial charge is 0.346 e. The summed E-state index contributed by atoms with van der Waals surface area (Å²) in [6.45, 7) is 1.96. The summed E-state index contributed by atoms with van der Waals surface area (Å²) in [5.74, 6) is -0.266. The maximum atomic E-state index is 11.9. The van der Waals surface area contributed by atoms with Crippen molar-refractivity contribution in [3.8, 4) is 0 Å². The van der Waals surface area contributed by atoms with Crippen molar-refractivity contribution in [1.29, 1.82) is 5.53 Å². The Labute approximate surface area is 179 Å². The Morgan fingerprint density at radius 2 is 1.87 bits per heavy atom. The number of rotatable bonds is 6. The molecule has 2 aromatic carbocycles. The molecule has 4 rings (SSSR count). The van der Waals surface area contributed by atoms with E-state index in [4.69, 9.17) is 24.5 Å². The number of fused-ring (bicyclic) bond motifs is 1. The zero-order valence-electron chi connectivity index (χ0n) is 17.1. The molecule has 9 nitrogen and oxygen atoms in total. The third kappa shape index (κ3) is 5.04. The van der Waals surface area contributed by atoms with Crippen LogP contribution in [0.25, 0.3) is 0 Å². The van der Waals surface area contributed by atoms with Crippen molar-refractivity contribution in [3.63, 3.8) is 0 Å². The molecule has 5 unspecified atom stereocenters. The van der Waals surface area contributed by atoms with Gasteiger partial charge in [0, 0.05) is 12.5 Å². The van der Waals surface area contributed by atoms with Crippen LogP contribution in [-0.4, -0.2) is 43.1 Å². The minimum absolute atomic E-state index is 0.256. The summed E-state index contributed by atoms with van der Waals surface area (Å²) in [6, 6.07) is 17.8. The van der Waals surface area contributed by atoms with E-state index in [9.17, 15) is 4.79 Å². The highest BCUT2D eigenvalue weighted by Crippen LogP contribution is 2.35. The zero-order chi connectivity index (χ0) is 21.6. The minimum atomic E-state index is -0.804. The first-order valence-corrected chi connectivity index (χ1v) is 10.1. The first kappa shape index (κ1) is 21.3. The molecule has 0 saturated carbocycles. The molecule has 2 aliphatic rings. The fraction of sp³-hybridized carbons (Fsp3) is 0.409. The number of benzene rings is 2. The Morgan fingerprint density at radius 3 is 2.55 bits per heavy atom. The summed E-state index contributed by atoms with van der Waals surface area (Å²) in [5, 5.41) is 6.92. The SMILES string of the molecule is CC(=O)NC1C(OCc2ccccc2)OC2COC(c3ccccc3)O[C@@H]2C1N=[N+]=N. The minimum Gasteiger partial charge on any atom is -0.346 e. The second kappa shape index (κ2) is 9.91. The highest BCUT2D eigenvalue weighted by Gasteiger charge is 2.53. The number of nitrogens with zero attached hydrogens (tertiary/aromatic N) is 2. The summed E-state index contributed by atoms with van der Waals surface area (Å²) in [4.78, 5) is 15.2. The molecule has 0 radical (unpaired) electrons. The molecule has 162 valence electrons. The molecule has 31 heavy (non-hydrogen) atoms. The van der Waals surface area contributed by atoms with Gasteiger partial charge in [-0.2, -0.15) is 0 Å². The van der Waals surface area contributed by atoms with Gasteiger partial charge in [-0.3, -0.25) is 4.79 Å². The Morgan fingerprint density at radius 1 is 1.16 bits per heavy atom. The van der Waals surface area contributed by atoms with E-state index in [0.717, 1.165) is 11.1 Å². The topological polar surface area (TPSA) is 116 Å². The molecule has 2 fully saturated rings. The molecule has 6 atom stereocenters. The van der Waals surface area contributed by atoms with Gasteiger partial charge in [-0.05, 0) is 5.56 Å². The highest BCUT2D eigenvalue weighted by molar-refractivity contribution is 5.73. The van der Waals surface area contributed by atoms with Gasteiger partial charge in [-0.25, -0.2) is 0 Å². The molecule has 2 saturated heterocycles. The number of hydrogen-bond acceptors (Lipinski definition) is 7. The van der Waals surface area contributed by atoms with E-state index >= 15 is 0 Å². The molecule has 0 aromatic heterocycles. The van der Waals surface area contributed by atoms with Crippen LogP contribution in [0.15, 0.2) is 65.8 Å². The van der Waals surface area contributed by atoms with Crippen LogP contribution in [0.4, 0.5) is 0 Å². The lowest BCUT2D eigenvalue weighted by atomic mass is 9.93. The van der Waals surface area contributed by atoms with Crippen LogP contribution >= 0.6 is 0 Å². The number of hydrogen-bond donors (Lipinski definition) is 2. The Kier molecular flexibility index (Phi) is 6.81. The zero-order valence-corrected chi connectivity index (χ0v) is 17.1. The average molecular weight is 425 g/mol. The first-order valence-electron chi connectivity index (χ1n) is 10.1. The van der Waals surface area contributed by atoms with Gasteiger partial charge < -0.3 is 24.3 Å². The average Bonchev–Trinajstić information content (AvgIpc) is 2.80. The third-order valence-electron chi connectivity index (χ3n) is 5.26. The van der Waals surface area contributed by atoms with Crippen LogP contribution in [-0.2, 0) is 30.3 Å². The number of carbonyl (C=O) groups excluding carboxylic acids is 1. The van der Waals surface area contributed by atoms with Crippen LogP contribution < -0.4 is 10.2 Å². The molecule has 0 spiro atoms. The fourth-order valence-electron chi connectivity index (χ4n) is 3.86. The standard InChI is InChI=1S/C22H24N4O5/c1-14(27)24-19-18(25-26-23)20-17(13-29-21(31-20)16-10-6-3-7-11-16)30-22(19)28-12-15-8-4-2-5-9-15/h2-11,17-23H,12-13H2,1H3/p+1/t17?,18?,19?,20-,21?,22?/m0/s1. The van der Waals surface area contributed by atoms with Gasteiger partial charge in [0.25, 0.3) is 0 Å². The molecular weight excluding hydrogens is 400 g/mol. The van der Waals surface area contributed by atoms with Gasteiger partial charge >= 0.3 is 0 Å².